The fourth-order valence-electron chi connectivity index (χ4n) is 2.47. The lowest BCUT2D eigenvalue weighted by Gasteiger charge is -2.24. The predicted molar refractivity (Wildman–Crippen MR) is 83.2 cm³/mol. The third-order valence-electron chi connectivity index (χ3n) is 3.65. The van der Waals surface area contributed by atoms with Gasteiger partial charge in [0, 0.05) is 26.2 Å². The van der Waals surface area contributed by atoms with Crippen LogP contribution in [-0.2, 0) is 6.54 Å². The Labute approximate surface area is 121 Å². The van der Waals surface area contributed by atoms with Crippen molar-refractivity contribution in [3.05, 3.63) is 28.8 Å². The number of benzene rings is 1. The lowest BCUT2D eigenvalue weighted by atomic mass is 10.2. The summed E-state index contributed by atoms with van der Waals surface area (Å²) < 4.78 is 0. The average molecular weight is 282 g/mol. The van der Waals surface area contributed by atoms with E-state index in [1.807, 2.05) is 0 Å². The summed E-state index contributed by atoms with van der Waals surface area (Å²) in [7, 11) is 2.19. The van der Waals surface area contributed by atoms with Crippen LogP contribution in [0.25, 0.3) is 0 Å². The lowest BCUT2D eigenvalue weighted by Crippen LogP contribution is -2.28. The molecule has 0 atom stereocenters. The van der Waals surface area contributed by atoms with Crippen LogP contribution in [0.3, 0.4) is 0 Å². The molecule has 0 aliphatic carbocycles. The number of hydrogen-bond donors (Lipinski definition) is 1. The van der Waals surface area contributed by atoms with E-state index in [0.29, 0.717) is 0 Å². The molecule has 1 N–H and O–H groups in total. The summed E-state index contributed by atoms with van der Waals surface area (Å²) in [4.78, 5) is 4.79. The summed E-state index contributed by atoms with van der Waals surface area (Å²) in [5.74, 6) is 0. The van der Waals surface area contributed by atoms with Gasteiger partial charge < -0.3 is 15.1 Å². The molecule has 1 fully saturated rings. The second-order valence-electron chi connectivity index (χ2n) is 5.21. The number of anilines is 1. The maximum absolute atomic E-state index is 6.45. The third-order valence-corrected chi connectivity index (χ3v) is 3.95. The van der Waals surface area contributed by atoms with Crippen molar-refractivity contribution in [2.75, 3.05) is 44.7 Å². The summed E-state index contributed by atoms with van der Waals surface area (Å²) in [5, 5.41) is 4.20. The van der Waals surface area contributed by atoms with E-state index >= 15 is 0 Å². The van der Waals surface area contributed by atoms with E-state index in [1.54, 1.807) is 0 Å². The fraction of sp³-hybridized carbons (Fsp3) is 0.600. The van der Waals surface area contributed by atoms with E-state index in [4.69, 9.17) is 11.6 Å². The Morgan fingerprint density at radius 1 is 1.21 bits per heavy atom. The molecule has 0 unspecified atom stereocenters. The first kappa shape index (κ1) is 14.6. The van der Waals surface area contributed by atoms with Crippen molar-refractivity contribution >= 4 is 17.3 Å². The highest BCUT2D eigenvalue weighted by molar-refractivity contribution is 6.33. The SMILES string of the molecule is CCNCc1ccc(N2CCCN(C)CC2)c(Cl)c1. The molecule has 0 saturated carbocycles. The number of nitrogens with one attached hydrogen (secondary N) is 1. The standard InChI is InChI=1S/C15H24ClN3/c1-3-17-12-13-5-6-15(14(16)11-13)19-8-4-7-18(2)9-10-19/h5-6,11,17H,3-4,7-10,12H2,1-2H3. The van der Waals surface area contributed by atoms with Gasteiger partial charge in [0.25, 0.3) is 0 Å². The zero-order chi connectivity index (χ0) is 13.7. The Balaban J connectivity index is 2.07. The van der Waals surface area contributed by atoms with Crippen LogP contribution < -0.4 is 10.2 Å². The highest BCUT2D eigenvalue weighted by Crippen LogP contribution is 2.27. The van der Waals surface area contributed by atoms with Crippen molar-refractivity contribution in [2.45, 2.75) is 19.9 Å². The van der Waals surface area contributed by atoms with Gasteiger partial charge in [0.15, 0.2) is 0 Å². The number of likely N-dealkylation sites (N-methyl/N-ethyl adjacent to an activating group) is 1. The number of halogens is 1. The normalized spacial score (nSPS) is 17.5. The van der Waals surface area contributed by atoms with Gasteiger partial charge in [0.1, 0.15) is 0 Å². The van der Waals surface area contributed by atoms with Crippen LogP contribution in [0.5, 0.6) is 0 Å². The maximum atomic E-state index is 6.45. The van der Waals surface area contributed by atoms with E-state index in [2.05, 4.69) is 47.3 Å². The average Bonchev–Trinajstić information content (AvgIpc) is 2.61. The van der Waals surface area contributed by atoms with Gasteiger partial charge in [-0.15, -0.1) is 0 Å². The summed E-state index contributed by atoms with van der Waals surface area (Å²) in [6.45, 7) is 8.42. The van der Waals surface area contributed by atoms with Crippen LogP contribution in [0.1, 0.15) is 18.9 Å². The smallest absolute Gasteiger partial charge is 0.0642 e. The van der Waals surface area contributed by atoms with E-state index in [0.717, 1.165) is 37.7 Å². The molecule has 4 heteroatoms. The minimum atomic E-state index is 0.875. The Morgan fingerprint density at radius 3 is 2.79 bits per heavy atom. The van der Waals surface area contributed by atoms with E-state index in [9.17, 15) is 0 Å². The Bertz CT molecular complexity index is 408. The molecule has 1 aromatic carbocycles. The van der Waals surface area contributed by atoms with Crippen molar-refractivity contribution in [3.8, 4) is 0 Å². The molecule has 1 heterocycles. The van der Waals surface area contributed by atoms with Crippen LogP contribution in [-0.4, -0.2) is 44.7 Å². The van der Waals surface area contributed by atoms with Gasteiger partial charge in [0.2, 0.25) is 0 Å². The molecule has 2 rings (SSSR count). The first-order valence-electron chi connectivity index (χ1n) is 7.13. The Morgan fingerprint density at radius 2 is 2.05 bits per heavy atom. The van der Waals surface area contributed by atoms with Crippen molar-refractivity contribution in [1.29, 1.82) is 0 Å². The van der Waals surface area contributed by atoms with Crippen LogP contribution in [0.4, 0.5) is 5.69 Å². The quantitative estimate of drug-likeness (QED) is 0.915. The predicted octanol–water partition coefficient (Wildman–Crippen LogP) is 2.59. The van der Waals surface area contributed by atoms with Gasteiger partial charge >= 0.3 is 0 Å². The third kappa shape index (κ3) is 4.10. The molecule has 1 aliphatic heterocycles. The highest BCUT2D eigenvalue weighted by atomic mass is 35.5. The Kier molecular flexibility index (Phi) is 5.49. The molecule has 1 aromatic rings. The molecule has 1 saturated heterocycles. The van der Waals surface area contributed by atoms with Gasteiger partial charge in [-0.2, -0.15) is 0 Å². The largest absolute Gasteiger partial charge is 0.369 e. The second-order valence-corrected chi connectivity index (χ2v) is 5.62. The Hall–Kier alpha value is -0.770. The molecule has 106 valence electrons. The number of hydrogen-bond acceptors (Lipinski definition) is 3. The first-order valence-corrected chi connectivity index (χ1v) is 7.51. The second kappa shape index (κ2) is 7.13. The monoisotopic (exact) mass is 281 g/mol. The highest BCUT2D eigenvalue weighted by Gasteiger charge is 2.15. The molecule has 1 aliphatic rings. The van der Waals surface area contributed by atoms with Crippen molar-refractivity contribution in [1.82, 2.24) is 10.2 Å². The number of nitrogens with zero attached hydrogens (tertiary/aromatic N) is 2. The van der Waals surface area contributed by atoms with Gasteiger partial charge in [-0.1, -0.05) is 24.6 Å². The summed E-state index contributed by atoms with van der Waals surface area (Å²) in [6, 6.07) is 6.44. The first-order chi connectivity index (χ1) is 9.20. The van der Waals surface area contributed by atoms with Crippen LogP contribution in [0.2, 0.25) is 5.02 Å². The van der Waals surface area contributed by atoms with Crippen LogP contribution in [0.15, 0.2) is 18.2 Å². The van der Waals surface area contributed by atoms with E-state index in [1.165, 1.54) is 24.2 Å². The van der Waals surface area contributed by atoms with Crippen LogP contribution >= 0.6 is 11.6 Å². The zero-order valence-electron chi connectivity index (χ0n) is 12.0. The van der Waals surface area contributed by atoms with Crippen molar-refractivity contribution < 1.29 is 0 Å². The van der Waals surface area contributed by atoms with Crippen molar-refractivity contribution in [2.24, 2.45) is 0 Å². The lowest BCUT2D eigenvalue weighted by molar-refractivity contribution is 0.360. The fourth-order valence-corrected chi connectivity index (χ4v) is 2.80. The molecule has 3 nitrogen and oxygen atoms in total. The number of rotatable bonds is 4. The van der Waals surface area contributed by atoms with Crippen LogP contribution in [0, 0.1) is 0 Å². The molecular formula is C15H24ClN3. The minimum absolute atomic E-state index is 0.875. The van der Waals surface area contributed by atoms with E-state index in [-0.39, 0.29) is 0 Å². The summed E-state index contributed by atoms with van der Waals surface area (Å²) >= 11 is 6.45. The molecule has 0 aromatic heterocycles. The summed E-state index contributed by atoms with van der Waals surface area (Å²) in [6.07, 6.45) is 1.20. The molecule has 0 bridgehead atoms. The maximum Gasteiger partial charge on any atom is 0.0642 e. The van der Waals surface area contributed by atoms with Gasteiger partial charge in [-0.3, -0.25) is 0 Å². The molecule has 0 spiro atoms. The molecule has 0 radical (unpaired) electrons. The molecule has 0 amide bonds. The van der Waals surface area contributed by atoms with Gasteiger partial charge in [-0.25, -0.2) is 0 Å². The van der Waals surface area contributed by atoms with Gasteiger partial charge in [0.05, 0.1) is 10.7 Å². The van der Waals surface area contributed by atoms with E-state index < -0.39 is 0 Å². The minimum Gasteiger partial charge on any atom is -0.369 e. The zero-order valence-corrected chi connectivity index (χ0v) is 12.7. The summed E-state index contributed by atoms with van der Waals surface area (Å²) in [5.41, 5.74) is 2.43. The topological polar surface area (TPSA) is 18.5 Å². The van der Waals surface area contributed by atoms with Crippen molar-refractivity contribution in [3.63, 3.8) is 0 Å². The molecule has 19 heavy (non-hydrogen) atoms. The van der Waals surface area contributed by atoms with Gasteiger partial charge in [-0.05, 0) is 44.3 Å². The molecular weight excluding hydrogens is 258 g/mol.